The molecule has 0 saturated carbocycles. The lowest BCUT2D eigenvalue weighted by Crippen LogP contribution is -2.68. The van der Waals surface area contributed by atoms with Gasteiger partial charge in [0, 0.05) is 4.80 Å². The number of tetrazole rings is 1. The Balaban J connectivity index is 0.000000309. The first-order chi connectivity index (χ1) is 10.4. The van der Waals surface area contributed by atoms with Crippen LogP contribution < -0.4 is 23.4 Å². The number of rotatable bonds is 2. The third-order valence-electron chi connectivity index (χ3n) is 2.48. The molecule has 0 amide bonds. The number of benzene rings is 2. The zero-order chi connectivity index (χ0) is 16.0. The lowest BCUT2D eigenvalue weighted by Gasteiger charge is -2.17. The Bertz CT molecular complexity index is 641. The lowest BCUT2D eigenvalue weighted by molar-refractivity contribution is -2.00. The van der Waals surface area contributed by atoms with E-state index in [0.29, 0.717) is 0 Å². The molecule has 114 valence electrons. The second-order valence-electron chi connectivity index (χ2n) is 3.97. The molecule has 22 heavy (non-hydrogen) atoms. The van der Waals surface area contributed by atoms with Crippen LogP contribution in [-0.2, 0) is 0 Å². The summed E-state index contributed by atoms with van der Waals surface area (Å²) in [6.07, 6.45) is 1.54. The fourth-order valence-corrected chi connectivity index (χ4v) is 1.69. The molecule has 0 aliphatic heterocycles. The van der Waals surface area contributed by atoms with Gasteiger partial charge < -0.3 is 0 Å². The molecule has 3 rings (SSSR count). The fraction of sp³-hybridized carbons (Fsp3) is 0. The van der Waals surface area contributed by atoms with Crippen molar-refractivity contribution in [2.75, 3.05) is 0 Å². The van der Waals surface area contributed by atoms with Gasteiger partial charge >= 0.3 is 0 Å². The van der Waals surface area contributed by atoms with Crippen LogP contribution in [0.2, 0.25) is 0 Å². The Hall–Kier alpha value is -2.36. The first kappa shape index (κ1) is 16.0. The topological polar surface area (TPSA) is 127 Å². The summed E-state index contributed by atoms with van der Waals surface area (Å²) < 4.78 is 34.0. The van der Waals surface area contributed by atoms with E-state index in [-0.39, 0.29) is 0 Å². The van der Waals surface area contributed by atoms with Gasteiger partial charge in [0.1, 0.15) is 5.69 Å². The maximum atomic E-state index is 8.49. The van der Waals surface area contributed by atoms with Crippen molar-refractivity contribution in [3.63, 3.8) is 0 Å². The van der Waals surface area contributed by atoms with Gasteiger partial charge in [-0.2, -0.15) is 0 Å². The van der Waals surface area contributed by atoms with E-state index >= 15 is 0 Å². The molecule has 1 heterocycles. The summed E-state index contributed by atoms with van der Waals surface area (Å²) in [6.45, 7) is 0. The minimum atomic E-state index is -4.94. The van der Waals surface area contributed by atoms with Gasteiger partial charge in [0.25, 0.3) is 6.33 Å². The molecule has 0 fully saturated rings. The van der Waals surface area contributed by atoms with Crippen LogP contribution in [0, 0.1) is 10.2 Å². The molecule has 8 nitrogen and oxygen atoms in total. The highest BCUT2D eigenvalue weighted by Gasteiger charge is 2.14. The lowest BCUT2D eigenvalue weighted by atomic mass is 10.3. The molecule has 0 aliphatic carbocycles. The fourth-order valence-electron chi connectivity index (χ4n) is 1.69. The van der Waals surface area contributed by atoms with E-state index in [1.807, 2.05) is 60.7 Å². The van der Waals surface area contributed by atoms with Crippen LogP contribution in [0.25, 0.3) is 11.4 Å². The molecule has 0 aliphatic rings. The van der Waals surface area contributed by atoms with E-state index in [1.165, 1.54) is 0 Å². The summed E-state index contributed by atoms with van der Waals surface area (Å²) in [4.78, 5) is 3.52. The van der Waals surface area contributed by atoms with Crippen molar-refractivity contribution in [3.05, 3.63) is 67.0 Å². The molecule has 3 aromatic rings. The van der Waals surface area contributed by atoms with Crippen molar-refractivity contribution in [2.24, 2.45) is 0 Å². The third-order valence-corrected chi connectivity index (χ3v) is 2.48. The van der Waals surface area contributed by atoms with Crippen LogP contribution in [0.3, 0.4) is 0 Å². The van der Waals surface area contributed by atoms with Crippen molar-refractivity contribution >= 4 is 0 Å². The monoisotopic (exact) mass is 322 g/mol. The Morgan fingerprint density at radius 3 is 1.86 bits per heavy atom. The van der Waals surface area contributed by atoms with Gasteiger partial charge in [-0.1, -0.05) is 36.4 Å². The van der Waals surface area contributed by atoms with E-state index in [9.17, 15) is 0 Å². The van der Waals surface area contributed by atoms with Gasteiger partial charge in [0.2, 0.25) is 0 Å². The molecule has 2 aromatic carbocycles. The van der Waals surface area contributed by atoms with Crippen LogP contribution in [0.1, 0.15) is 0 Å². The SMILES string of the molecule is [O-][Cl+3]([O-])([O-])[O-].c1ccc(-n2ncn[n+]2-c2ccccc2)cc1. The highest BCUT2D eigenvalue weighted by atomic mass is 35.7. The van der Waals surface area contributed by atoms with Crippen LogP contribution in [0.4, 0.5) is 0 Å². The third kappa shape index (κ3) is 4.88. The predicted molar refractivity (Wildman–Crippen MR) is 62.9 cm³/mol. The summed E-state index contributed by atoms with van der Waals surface area (Å²) in [7, 11) is -4.94. The Morgan fingerprint density at radius 2 is 1.32 bits per heavy atom. The molecule has 0 bridgehead atoms. The number of aromatic nitrogens is 4. The first-order valence-electron chi connectivity index (χ1n) is 6.00. The molecule has 0 radical (unpaired) electrons. The van der Waals surface area contributed by atoms with Crippen LogP contribution in [-0.4, -0.2) is 15.0 Å². The molecule has 0 unspecified atom stereocenters. The predicted octanol–water partition coefficient (Wildman–Crippen LogP) is -3.21. The molecule has 0 saturated heterocycles. The van der Waals surface area contributed by atoms with E-state index in [2.05, 4.69) is 10.2 Å². The van der Waals surface area contributed by atoms with Gasteiger partial charge in [-0.15, -0.1) is 10.2 Å². The van der Waals surface area contributed by atoms with Gasteiger partial charge in [-0.05, 0) is 34.2 Å². The highest BCUT2D eigenvalue weighted by Crippen LogP contribution is 2.03. The minimum Gasteiger partial charge on any atom is -0.222 e. The number of halogens is 1. The average molecular weight is 323 g/mol. The average Bonchev–Trinajstić information content (AvgIpc) is 2.97. The normalized spacial score (nSPS) is 10.7. The van der Waals surface area contributed by atoms with Crippen molar-refractivity contribution < 1.29 is 33.7 Å². The number of hydrogen-bond acceptors (Lipinski definition) is 6. The molecule has 0 N–H and O–H groups in total. The standard InChI is InChI=1S/C13H11N4.ClHO4/c1-3-7-12(8-4-1)16-14-11-15-17(16)13-9-5-2-6-10-13;2-1(3,4)5/h1-11H;(H,2,3,4,5)/q+1;/p-1. The maximum Gasteiger partial charge on any atom is 0.297 e. The van der Waals surface area contributed by atoms with E-state index < -0.39 is 10.2 Å². The number of hydrogen-bond donors (Lipinski definition) is 0. The summed E-state index contributed by atoms with van der Waals surface area (Å²) >= 11 is 0. The molecule has 9 heteroatoms. The van der Waals surface area contributed by atoms with Crippen LogP contribution >= 0.6 is 0 Å². The van der Waals surface area contributed by atoms with E-state index in [4.69, 9.17) is 18.6 Å². The largest absolute Gasteiger partial charge is 0.297 e. The summed E-state index contributed by atoms with van der Waals surface area (Å²) in [6, 6.07) is 19.8. The number of nitrogens with zero attached hydrogens (tertiary/aromatic N) is 4. The summed E-state index contributed by atoms with van der Waals surface area (Å²) in [5.74, 6) is 0. The second-order valence-corrected chi connectivity index (χ2v) is 4.73. The zero-order valence-electron chi connectivity index (χ0n) is 11.2. The number of para-hydroxylation sites is 2. The Kier molecular flexibility index (Phi) is 5.15. The highest BCUT2D eigenvalue weighted by molar-refractivity contribution is 5.28. The molecule has 1 aromatic heterocycles. The van der Waals surface area contributed by atoms with Crippen molar-refractivity contribution in [3.8, 4) is 11.4 Å². The summed E-state index contributed by atoms with van der Waals surface area (Å²) in [5.41, 5.74) is 1.96. The smallest absolute Gasteiger partial charge is 0.222 e. The van der Waals surface area contributed by atoms with Gasteiger partial charge in [-0.25, -0.2) is 18.6 Å². The van der Waals surface area contributed by atoms with Gasteiger partial charge in [-0.3, -0.25) is 0 Å². The van der Waals surface area contributed by atoms with Crippen LogP contribution in [0.15, 0.2) is 67.0 Å². The second kappa shape index (κ2) is 7.07. The van der Waals surface area contributed by atoms with E-state index in [0.717, 1.165) is 11.4 Å². The molecule has 0 atom stereocenters. The van der Waals surface area contributed by atoms with Crippen molar-refractivity contribution in [1.82, 2.24) is 15.0 Å². The molecule has 0 spiro atoms. The van der Waals surface area contributed by atoms with Gasteiger partial charge in [0.15, 0.2) is 5.69 Å². The zero-order valence-corrected chi connectivity index (χ0v) is 11.9. The minimum absolute atomic E-state index is 0.980. The molecular formula is C13H11ClN4O4. The quantitative estimate of drug-likeness (QED) is 0.457. The van der Waals surface area contributed by atoms with Gasteiger partial charge in [0.05, 0.1) is 5.10 Å². The first-order valence-corrected chi connectivity index (χ1v) is 7.24. The van der Waals surface area contributed by atoms with Crippen LogP contribution in [0.5, 0.6) is 0 Å². The summed E-state index contributed by atoms with van der Waals surface area (Å²) in [5, 5.41) is 8.46. The van der Waals surface area contributed by atoms with E-state index in [1.54, 1.807) is 15.9 Å². The Labute approximate surface area is 127 Å². The van der Waals surface area contributed by atoms with Crippen molar-refractivity contribution in [2.45, 2.75) is 0 Å². The maximum absolute atomic E-state index is 8.49. The Morgan fingerprint density at radius 1 is 0.818 bits per heavy atom. The van der Waals surface area contributed by atoms with Crippen molar-refractivity contribution in [1.29, 1.82) is 0 Å². The molecular weight excluding hydrogens is 312 g/mol.